The van der Waals surface area contributed by atoms with E-state index in [2.05, 4.69) is 5.92 Å². The van der Waals surface area contributed by atoms with Gasteiger partial charge in [0.1, 0.15) is 29.8 Å². The molecule has 0 amide bonds. The van der Waals surface area contributed by atoms with Crippen molar-refractivity contribution in [3.8, 4) is 23.8 Å². The van der Waals surface area contributed by atoms with Crippen LogP contribution in [0.5, 0.6) is 11.5 Å². The number of terminal acetylenes is 1. The van der Waals surface area contributed by atoms with Crippen LogP contribution in [0.2, 0.25) is 0 Å². The predicted octanol–water partition coefficient (Wildman–Crippen LogP) is 4.28. The van der Waals surface area contributed by atoms with Gasteiger partial charge in [-0.1, -0.05) is 60.5 Å². The molecule has 0 spiro atoms. The van der Waals surface area contributed by atoms with Gasteiger partial charge in [-0.25, -0.2) is 0 Å². The number of ether oxygens (including phenoxy) is 7. The Bertz CT molecular complexity index is 1130. The zero-order valence-electron chi connectivity index (χ0n) is 23.7. The lowest BCUT2D eigenvalue weighted by Gasteiger charge is -2.36. The fourth-order valence-corrected chi connectivity index (χ4v) is 4.24. The van der Waals surface area contributed by atoms with E-state index in [0.717, 1.165) is 34.5 Å². The van der Waals surface area contributed by atoms with Gasteiger partial charge in [-0.3, -0.25) is 0 Å². The zero-order chi connectivity index (χ0) is 29.2. The lowest BCUT2D eigenvalue weighted by atomic mass is 9.80. The first kappa shape index (κ1) is 31.8. The van der Waals surface area contributed by atoms with Gasteiger partial charge >= 0.3 is 0 Å². The average molecular weight is 563 g/mol. The van der Waals surface area contributed by atoms with Crippen molar-refractivity contribution in [1.29, 1.82) is 0 Å². The molecule has 0 N–H and O–H groups in total. The number of aldehydes is 1. The van der Waals surface area contributed by atoms with Gasteiger partial charge < -0.3 is 38.0 Å². The lowest BCUT2D eigenvalue weighted by molar-refractivity contribution is -0.128. The minimum absolute atomic E-state index is 0.0111. The standard InChI is InChI=1S/C33H38O8/c1-4-18-37-19-20-38-21-22-39-23-24-40-32(25-34)26-41-33(27-8-6-5-7-9-27,28-10-14-30(35-2)15-11-28)29-12-16-31(36-3)17-13-29/h1,5-17,25,32H,18-24,26H2,2-3H3/t32-/m0/s1. The molecule has 218 valence electrons. The summed E-state index contributed by atoms with van der Waals surface area (Å²) in [7, 11) is 3.25. The Morgan fingerprint density at radius 3 is 1.68 bits per heavy atom. The van der Waals surface area contributed by atoms with Crippen molar-refractivity contribution >= 4 is 6.29 Å². The number of carbonyl (C=O) groups is 1. The summed E-state index contributed by atoms with van der Waals surface area (Å²) in [6, 6.07) is 25.3. The number of hydrogen-bond acceptors (Lipinski definition) is 8. The third-order valence-electron chi connectivity index (χ3n) is 6.28. The fourth-order valence-electron chi connectivity index (χ4n) is 4.24. The van der Waals surface area contributed by atoms with Gasteiger partial charge in [0, 0.05) is 0 Å². The van der Waals surface area contributed by atoms with E-state index in [0.29, 0.717) is 33.0 Å². The molecule has 8 heteroatoms. The van der Waals surface area contributed by atoms with Crippen molar-refractivity contribution in [3.63, 3.8) is 0 Å². The van der Waals surface area contributed by atoms with Crippen molar-refractivity contribution in [1.82, 2.24) is 0 Å². The van der Waals surface area contributed by atoms with Gasteiger partial charge in [0.25, 0.3) is 0 Å². The molecule has 0 aliphatic carbocycles. The Kier molecular flexibility index (Phi) is 13.9. The number of methoxy groups -OCH3 is 2. The van der Waals surface area contributed by atoms with Crippen LogP contribution in [0, 0.1) is 12.3 Å². The van der Waals surface area contributed by atoms with Gasteiger partial charge in [-0.05, 0) is 41.0 Å². The second-order valence-corrected chi connectivity index (χ2v) is 8.84. The maximum absolute atomic E-state index is 12.0. The highest BCUT2D eigenvalue weighted by Crippen LogP contribution is 2.41. The summed E-state index contributed by atoms with van der Waals surface area (Å²) in [5, 5.41) is 0. The number of hydrogen-bond donors (Lipinski definition) is 0. The topological polar surface area (TPSA) is 81.7 Å². The number of rotatable bonds is 20. The molecular formula is C33H38O8. The maximum atomic E-state index is 12.0. The molecule has 0 fully saturated rings. The minimum Gasteiger partial charge on any atom is -0.497 e. The van der Waals surface area contributed by atoms with Gasteiger partial charge in [-0.2, -0.15) is 0 Å². The first-order valence-corrected chi connectivity index (χ1v) is 13.4. The van der Waals surface area contributed by atoms with Crippen LogP contribution in [0.25, 0.3) is 0 Å². The van der Waals surface area contributed by atoms with E-state index in [4.69, 9.17) is 39.6 Å². The van der Waals surface area contributed by atoms with Crippen LogP contribution in [-0.2, 0) is 34.1 Å². The molecule has 0 aliphatic heterocycles. The molecule has 0 aromatic heterocycles. The molecule has 8 nitrogen and oxygen atoms in total. The highest BCUT2D eigenvalue weighted by molar-refractivity contribution is 5.56. The maximum Gasteiger partial charge on any atom is 0.151 e. The Morgan fingerprint density at radius 2 is 1.20 bits per heavy atom. The molecule has 0 unspecified atom stereocenters. The van der Waals surface area contributed by atoms with Crippen molar-refractivity contribution < 1.29 is 38.0 Å². The van der Waals surface area contributed by atoms with Crippen LogP contribution in [0.1, 0.15) is 16.7 Å². The van der Waals surface area contributed by atoms with E-state index in [9.17, 15) is 4.79 Å². The monoisotopic (exact) mass is 562 g/mol. The van der Waals surface area contributed by atoms with E-state index < -0.39 is 11.7 Å². The third-order valence-corrected chi connectivity index (χ3v) is 6.28. The SMILES string of the molecule is C#CCOCCOCCOCCO[C@@H](C=O)COC(c1ccccc1)(c1ccc(OC)cc1)c1ccc(OC)cc1. The smallest absolute Gasteiger partial charge is 0.151 e. The molecule has 0 radical (unpaired) electrons. The van der Waals surface area contributed by atoms with Crippen LogP contribution in [-0.4, -0.2) is 79.5 Å². The lowest BCUT2D eigenvalue weighted by Crippen LogP contribution is -2.37. The number of benzene rings is 3. The van der Waals surface area contributed by atoms with Gasteiger partial charge in [-0.15, -0.1) is 6.42 Å². The zero-order valence-corrected chi connectivity index (χ0v) is 23.7. The predicted molar refractivity (Wildman–Crippen MR) is 155 cm³/mol. The molecule has 41 heavy (non-hydrogen) atoms. The summed E-state index contributed by atoms with van der Waals surface area (Å²) >= 11 is 0. The van der Waals surface area contributed by atoms with E-state index in [1.165, 1.54) is 0 Å². The molecule has 0 heterocycles. The van der Waals surface area contributed by atoms with E-state index in [1.807, 2.05) is 78.9 Å². The molecule has 0 saturated heterocycles. The molecule has 3 rings (SSSR count). The third kappa shape index (κ3) is 9.42. The van der Waals surface area contributed by atoms with Crippen LogP contribution in [0.15, 0.2) is 78.9 Å². The largest absolute Gasteiger partial charge is 0.497 e. The summed E-state index contributed by atoms with van der Waals surface area (Å²) in [5.74, 6) is 3.85. The normalized spacial score (nSPS) is 11.9. The Labute approximate surface area is 242 Å². The van der Waals surface area contributed by atoms with Gasteiger partial charge in [0.2, 0.25) is 0 Å². The molecule has 0 saturated carbocycles. The Hall–Kier alpha value is -3.71. The minimum atomic E-state index is -1.04. The molecule has 1 atom stereocenters. The Morgan fingerprint density at radius 1 is 0.707 bits per heavy atom. The van der Waals surface area contributed by atoms with E-state index >= 15 is 0 Å². The fraction of sp³-hybridized carbons (Fsp3) is 0.364. The highest BCUT2D eigenvalue weighted by Gasteiger charge is 2.38. The van der Waals surface area contributed by atoms with Crippen molar-refractivity contribution in [2.45, 2.75) is 11.7 Å². The molecule has 3 aromatic rings. The first-order valence-electron chi connectivity index (χ1n) is 13.4. The molecule has 3 aromatic carbocycles. The van der Waals surface area contributed by atoms with Crippen LogP contribution < -0.4 is 9.47 Å². The summed E-state index contributed by atoms with van der Waals surface area (Å²) in [6.45, 7) is 2.51. The van der Waals surface area contributed by atoms with E-state index in [-0.39, 0.29) is 19.8 Å². The van der Waals surface area contributed by atoms with Crippen molar-refractivity contribution in [2.24, 2.45) is 0 Å². The highest BCUT2D eigenvalue weighted by atomic mass is 16.6. The van der Waals surface area contributed by atoms with Crippen LogP contribution in [0.3, 0.4) is 0 Å². The first-order chi connectivity index (χ1) is 20.2. The summed E-state index contributed by atoms with van der Waals surface area (Å²) in [4.78, 5) is 12.0. The molecular weight excluding hydrogens is 524 g/mol. The molecule has 0 aliphatic rings. The summed E-state index contributed by atoms with van der Waals surface area (Å²) < 4.78 is 39.4. The average Bonchev–Trinajstić information content (AvgIpc) is 3.03. The van der Waals surface area contributed by atoms with Crippen LogP contribution in [0.4, 0.5) is 0 Å². The van der Waals surface area contributed by atoms with E-state index in [1.54, 1.807) is 14.2 Å². The summed E-state index contributed by atoms with van der Waals surface area (Å²) in [5.41, 5.74) is 1.59. The van der Waals surface area contributed by atoms with Crippen LogP contribution >= 0.6 is 0 Å². The molecule has 0 bridgehead atoms. The van der Waals surface area contributed by atoms with Crippen molar-refractivity contribution in [2.75, 3.05) is 67.1 Å². The quantitative estimate of drug-likeness (QED) is 0.0874. The number of carbonyl (C=O) groups excluding carboxylic acids is 1. The second kappa shape index (κ2) is 17.9. The van der Waals surface area contributed by atoms with Crippen molar-refractivity contribution in [3.05, 3.63) is 95.6 Å². The second-order valence-electron chi connectivity index (χ2n) is 8.84. The Balaban J connectivity index is 1.70. The van der Waals surface area contributed by atoms with Gasteiger partial charge in [0.05, 0.1) is 60.5 Å². The summed E-state index contributed by atoms with van der Waals surface area (Å²) in [6.07, 6.45) is 5.07. The van der Waals surface area contributed by atoms with Gasteiger partial charge in [0.15, 0.2) is 6.29 Å².